The maximum atomic E-state index is 11.9. The van der Waals surface area contributed by atoms with Crippen LogP contribution in [0, 0.1) is 5.92 Å². The molecule has 1 aliphatic rings. The van der Waals surface area contributed by atoms with Gasteiger partial charge in [0.1, 0.15) is 0 Å². The Kier molecular flexibility index (Phi) is 4.74. The van der Waals surface area contributed by atoms with E-state index in [1.54, 1.807) is 0 Å². The Hall–Kier alpha value is -2.29. The van der Waals surface area contributed by atoms with Crippen molar-refractivity contribution in [3.8, 4) is 5.69 Å². The maximum absolute atomic E-state index is 11.9. The molecular formula is C19H21NO2. The molecule has 0 amide bonds. The standard InChI is InChI=1S/C19H21NO2/c21-19(22-15-17-6-2-1-3-7-17)14-16-8-10-18(11-9-16)20-12-4-5-13-20/h1-2,4-5,8-13,17H,3,6-7,14-15H2. The first-order valence-corrected chi connectivity index (χ1v) is 7.84. The molecule has 0 aliphatic heterocycles. The number of hydrogen-bond donors (Lipinski definition) is 0. The lowest BCUT2D eigenvalue weighted by atomic mass is 9.95. The Morgan fingerprint density at radius 1 is 1.14 bits per heavy atom. The van der Waals surface area contributed by atoms with E-state index in [1.807, 2.05) is 53.4 Å². The number of carbonyl (C=O) groups excluding carboxylic acids is 1. The number of rotatable bonds is 5. The molecular weight excluding hydrogens is 274 g/mol. The molecule has 3 rings (SSSR count). The summed E-state index contributed by atoms with van der Waals surface area (Å²) in [5, 5.41) is 0. The van der Waals surface area contributed by atoms with Crippen molar-refractivity contribution in [1.82, 2.24) is 4.57 Å². The van der Waals surface area contributed by atoms with E-state index in [-0.39, 0.29) is 5.97 Å². The van der Waals surface area contributed by atoms with Crippen LogP contribution in [0.3, 0.4) is 0 Å². The lowest BCUT2D eigenvalue weighted by molar-refractivity contribution is -0.144. The van der Waals surface area contributed by atoms with Gasteiger partial charge in [0.2, 0.25) is 0 Å². The summed E-state index contributed by atoms with van der Waals surface area (Å²) in [7, 11) is 0. The van der Waals surface area contributed by atoms with Gasteiger partial charge in [0.15, 0.2) is 0 Å². The number of ether oxygens (including phenoxy) is 1. The Labute approximate surface area is 131 Å². The summed E-state index contributed by atoms with van der Waals surface area (Å²) in [6, 6.07) is 12.0. The lowest BCUT2D eigenvalue weighted by Crippen LogP contribution is -2.16. The molecule has 0 fully saturated rings. The first-order valence-electron chi connectivity index (χ1n) is 7.84. The molecule has 0 N–H and O–H groups in total. The van der Waals surface area contributed by atoms with Crippen molar-refractivity contribution in [2.24, 2.45) is 5.92 Å². The number of esters is 1. The molecule has 2 aromatic rings. The number of nitrogens with zero attached hydrogens (tertiary/aromatic N) is 1. The number of allylic oxidation sites excluding steroid dienone is 2. The molecule has 1 aromatic heterocycles. The Morgan fingerprint density at radius 3 is 2.59 bits per heavy atom. The van der Waals surface area contributed by atoms with Gasteiger partial charge in [-0.3, -0.25) is 4.79 Å². The molecule has 1 heterocycles. The highest BCUT2D eigenvalue weighted by Gasteiger charge is 2.13. The van der Waals surface area contributed by atoms with Crippen LogP contribution < -0.4 is 0 Å². The van der Waals surface area contributed by atoms with E-state index in [0.29, 0.717) is 18.9 Å². The van der Waals surface area contributed by atoms with Gasteiger partial charge in [-0.05, 0) is 55.0 Å². The highest BCUT2D eigenvalue weighted by Crippen LogP contribution is 2.18. The monoisotopic (exact) mass is 295 g/mol. The second-order valence-corrected chi connectivity index (χ2v) is 5.77. The maximum Gasteiger partial charge on any atom is 0.310 e. The second-order valence-electron chi connectivity index (χ2n) is 5.77. The predicted molar refractivity (Wildman–Crippen MR) is 86.9 cm³/mol. The number of benzene rings is 1. The van der Waals surface area contributed by atoms with E-state index >= 15 is 0 Å². The summed E-state index contributed by atoms with van der Waals surface area (Å²) >= 11 is 0. The van der Waals surface area contributed by atoms with Crippen LogP contribution in [0.2, 0.25) is 0 Å². The highest BCUT2D eigenvalue weighted by molar-refractivity contribution is 5.72. The molecule has 0 saturated heterocycles. The van der Waals surface area contributed by atoms with E-state index in [0.717, 1.165) is 30.5 Å². The Bertz CT molecular complexity index is 626. The van der Waals surface area contributed by atoms with Crippen molar-refractivity contribution in [2.75, 3.05) is 6.61 Å². The van der Waals surface area contributed by atoms with Crippen LogP contribution in [0.4, 0.5) is 0 Å². The third-order valence-corrected chi connectivity index (χ3v) is 4.05. The van der Waals surface area contributed by atoms with E-state index in [2.05, 4.69) is 12.2 Å². The minimum atomic E-state index is -0.136. The van der Waals surface area contributed by atoms with Crippen LogP contribution in [0.5, 0.6) is 0 Å². The number of carbonyl (C=O) groups is 1. The van der Waals surface area contributed by atoms with Crippen molar-refractivity contribution in [3.63, 3.8) is 0 Å². The van der Waals surface area contributed by atoms with Gasteiger partial charge < -0.3 is 9.30 Å². The lowest BCUT2D eigenvalue weighted by Gasteiger charge is -2.17. The third-order valence-electron chi connectivity index (χ3n) is 4.05. The van der Waals surface area contributed by atoms with Crippen molar-refractivity contribution < 1.29 is 9.53 Å². The molecule has 0 radical (unpaired) electrons. The summed E-state index contributed by atoms with van der Waals surface area (Å²) in [6.07, 6.45) is 12.0. The molecule has 1 unspecified atom stereocenters. The van der Waals surface area contributed by atoms with E-state index in [4.69, 9.17) is 4.74 Å². The zero-order valence-electron chi connectivity index (χ0n) is 12.7. The average Bonchev–Trinajstić information content (AvgIpc) is 3.09. The summed E-state index contributed by atoms with van der Waals surface area (Å²) in [5.41, 5.74) is 2.08. The zero-order valence-corrected chi connectivity index (χ0v) is 12.7. The minimum Gasteiger partial charge on any atom is -0.465 e. The van der Waals surface area contributed by atoms with Gasteiger partial charge in [-0.15, -0.1) is 0 Å². The molecule has 1 atom stereocenters. The van der Waals surface area contributed by atoms with Crippen molar-refractivity contribution in [1.29, 1.82) is 0 Å². The fourth-order valence-corrected chi connectivity index (χ4v) is 2.73. The van der Waals surface area contributed by atoms with Crippen LogP contribution in [0.15, 0.2) is 60.9 Å². The smallest absolute Gasteiger partial charge is 0.310 e. The van der Waals surface area contributed by atoms with Crippen LogP contribution in [-0.4, -0.2) is 17.1 Å². The van der Waals surface area contributed by atoms with Gasteiger partial charge in [0.05, 0.1) is 13.0 Å². The summed E-state index contributed by atoms with van der Waals surface area (Å²) < 4.78 is 7.45. The number of hydrogen-bond acceptors (Lipinski definition) is 2. The molecule has 0 saturated carbocycles. The minimum absolute atomic E-state index is 0.136. The average molecular weight is 295 g/mol. The van der Waals surface area contributed by atoms with Crippen LogP contribution in [-0.2, 0) is 16.0 Å². The Morgan fingerprint density at radius 2 is 1.91 bits per heavy atom. The van der Waals surface area contributed by atoms with Crippen molar-refractivity contribution >= 4 is 5.97 Å². The molecule has 3 heteroatoms. The van der Waals surface area contributed by atoms with Gasteiger partial charge in [-0.2, -0.15) is 0 Å². The first kappa shape index (κ1) is 14.6. The SMILES string of the molecule is O=C(Cc1ccc(-n2cccc2)cc1)OCC1CC=CCC1. The molecule has 114 valence electrons. The zero-order chi connectivity index (χ0) is 15.2. The summed E-state index contributed by atoms with van der Waals surface area (Å²) in [4.78, 5) is 11.9. The van der Waals surface area contributed by atoms with Crippen LogP contribution in [0.25, 0.3) is 5.69 Å². The fraction of sp³-hybridized carbons (Fsp3) is 0.316. The molecule has 1 aromatic carbocycles. The quantitative estimate of drug-likeness (QED) is 0.618. The van der Waals surface area contributed by atoms with Gasteiger partial charge in [0, 0.05) is 18.1 Å². The molecule has 22 heavy (non-hydrogen) atoms. The molecule has 3 nitrogen and oxygen atoms in total. The second kappa shape index (κ2) is 7.12. The van der Waals surface area contributed by atoms with E-state index in [1.165, 1.54) is 0 Å². The first-order chi connectivity index (χ1) is 10.8. The number of aromatic nitrogens is 1. The third kappa shape index (κ3) is 3.88. The highest BCUT2D eigenvalue weighted by atomic mass is 16.5. The molecule has 0 bridgehead atoms. The van der Waals surface area contributed by atoms with Gasteiger partial charge in [0.25, 0.3) is 0 Å². The van der Waals surface area contributed by atoms with Gasteiger partial charge >= 0.3 is 5.97 Å². The molecule has 1 aliphatic carbocycles. The van der Waals surface area contributed by atoms with Gasteiger partial charge in [-0.1, -0.05) is 24.3 Å². The Balaban J connectivity index is 1.50. The topological polar surface area (TPSA) is 31.2 Å². The van der Waals surface area contributed by atoms with Crippen LogP contribution >= 0.6 is 0 Å². The largest absolute Gasteiger partial charge is 0.465 e. The van der Waals surface area contributed by atoms with Crippen molar-refractivity contribution in [2.45, 2.75) is 25.7 Å². The fourth-order valence-electron chi connectivity index (χ4n) is 2.73. The normalized spacial score (nSPS) is 17.4. The van der Waals surface area contributed by atoms with E-state index < -0.39 is 0 Å². The van der Waals surface area contributed by atoms with Gasteiger partial charge in [-0.25, -0.2) is 0 Å². The summed E-state index contributed by atoms with van der Waals surface area (Å²) in [5.74, 6) is 0.355. The van der Waals surface area contributed by atoms with Crippen molar-refractivity contribution in [3.05, 3.63) is 66.5 Å². The van der Waals surface area contributed by atoms with E-state index in [9.17, 15) is 4.79 Å². The molecule has 0 spiro atoms. The summed E-state index contributed by atoms with van der Waals surface area (Å²) in [6.45, 7) is 0.546. The van der Waals surface area contributed by atoms with Crippen LogP contribution in [0.1, 0.15) is 24.8 Å². The predicted octanol–water partition coefficient (Wildman–Crippen LogP) is 3.92.